The molecule has 0 aliphatic carbocycles. The molecule has 2 heterocycles. The van der Waals surface area contributed by atoms with E-state index in [1.165, 1.54) is 11.9 Å². The van der Waals surface area contributed by atoms with Crippen molar-refractivity contribution in [2.45, 2.75) is 32.2 Å². The number of carbonyl (C=O) groups excluding carboxylic acids is 1. The van der Waals surface area contributed by atoms with E-state index in [4.69, 9.17) is 0 Å². The fourth-order valence-corrected chi connectivity index (χ4v) is 2.62. The van der Waals surface area contributed by atoms with Crippen LogP contribution in [-0.2, 0) is 11.2 Å². The Labute approximate surface area is 146 Å². The molecule has 3 aromatic rings. The fourth-order valence-electron chi connectivity index (χ4n) is 2.62. The van der Waals surface area contributed by atoms with Crippen molar-refractivity contribution >= 4 is 22.9 Å². The number of fused-ring (bicyclic) bond motifs is 1. The van der Waals surface area contributed by atoms with E-state index in [0.717, 1.165) is 18.4 Å². The second-order valence-corrected chi connectivity index (χ2v) is 5.86. The Morgan fingerprint density at radius 3 is 2.84 bits per heavy atom. The molecule has 25 heavy (non-hydrogen) atoms. The van der Waals surface area contributed by atoms with Crippen molar-refractivity contribution in [1.29, 1.82) is 0 Å². The quantitative estimate of drug-likeness (QED) is 0.586. The van der Waals surface area contributed by atoms with E-state index in [2.05, 4.69) is 37.5 Å². The molecule has 7 heteroatoms. The van der Waals surface area contributed by atoms with E-state index in [0.29, 0.717) is 24.4 Å². The maximum Gasteiger partial charge on any atom is 0.220 e. The first kappa shape index (κ1) is 16.9. The van der Waals surface area contributed by atoms with Crippen LogP contribution in [0, 0.1) is 0 Å². The van der Waals surface area contributed by atoms with E-state index in [1.807, 2.05) is 30.3 Å². The van der Waals surface area contributed by atoms with Crippen LogP contribution in [0.15, 0.2) is 43.0 Å². The van der Waals surface area contributed by atoms with Gasteiger partial charge in [-0.3, -0.25) is 4.79 Å². The van der Waals surface area contributed by atoms with Gasteiger partial charge in [0.05, 0.1) is 6.33 Å². The molecule has 1 atom stereocenters. The van der Waals surface area contributed by atoms with Crippen LogP contribution < -0.4 is 10.6 Å². The van der Waals surface area contributed by atoms with E-state index >= 15 is 0 Å². The van der Waals surface area contributed by atoms with Crippen LogP contribution >= 0.6 is 0 Å². The molecular formula is C18H22N6O. The van der Waals surface area contributed by atoms with Gasteiger partial charge in [0.25, 0.3) is 0 Å². The number of carbonyl (C=O) groups is 1. The molecule has 0 unspecified atom stereocenters. The molecule has 3 N–H and O–H groups in total. The van der Waals surface area contributed by atoms with Gasteiger partial charge in [0.1, 0.15) is 11.8 Å². The number of nitrogens with one attached hydrogen (secondary N) is 3. The molecule has 0 spiro atoms. The predicted octanol–water partition coefficient (Wildman–Crippen LogP) is 2.29. The monoisotopic (exact) mass is 338 g/mol. The summed E-state index contributed by atoms with van der Waals surface area (Å²) in [5.41, 5.74) is 2.57. The van der Waals surface area contributed by atoms with Gasteiger partial charge in [0, 0.05) is 19.0 Å². The predicted molar refractivity (Wildman–Crippen MR) is 97.2 cm³/mol. The second kappa shape index (κ2) is 8.23. The average molecular weight is 338 g/mol. The fraction of sp³-hybridized carbons (Fsp3) is 0.333. The number of hydrogen-bond donors (Lipinski definition) is 3. The summed E-state index contributed by atoms with van der Waals surface area (Å²) >= 11 is 0. The third-order valence-corrected chi connectivity index (χ3v) is 4.08. The van der Waals surface area contributed by atoms with Gasteiger partial charge < -0.3 is 15.6 Å². The highest BCUT2D eigenvalue weighted by Crippen LogP contribution is 2.14. The lowest BCUT2D eigenvalue weighted by Crippen LogP contribution is -2.39. The van der Waals surface area contributed by atoms with Gasteiger partial charge in [-0.05, 0) is 18.4 Å². The zero-order chi connectivity index (χ0) is 17.5. The normalized spacial score (nSPS) is 12.0. The van der Waals surface area contributed by atoms with E-state index < -0.39 is 0 Å². The van der Waals surface area contributed by atoms with Gasteiger partial charge in [-0.1, -0.05) is 37.3 Å². The SMILES string of the molecule is CC[C@@H](CNc1ncnc2nc[nH]c12)NC(=O)CCc1ccccc1. The molecule has 130 valence electrons. The van der Waals surface area contributed by atoms with E-state index in [-0.39, 0.29) is 11.9 Å². The smallest absolute Gasteiger partial charge is 0.220 e. The number of aryl methyl sites for hydroxylation is 1. The molecule has 1 aromatic carbocycles. The molecule has 0 fully saturated rings. The van der Waals surface area contributed by atoms with Crippen LogP contribution in [0.25, 0.3) is 11.2 Å². The van der Waals surface area contributed by atoms with Gasteiger partial charge in [0.15, 0.2) is 11.5 Å². The third-order valence-electron chi connectivity index (χ3n) is 4.08. The molecule has 1 amide bonds. The lowest BCUT2D eigenvalue weighted by Gasteiger charge is -2.18. The Morgan fingerprint density at radius 1 is 1.20 bits per heavy atom. The molecular weight excluding hydrogens is 316 g/mol. The number of aromatic nitrogens is 4. The topological polar surface area (TPSA) is 95.6 Å². The van der Waals surface area contributed by atoms with Crippen molar-refractivity contribution in [3.8, 4) is 0 Å². The lowest BCUT2D eigenvalue weighted by molar-refractivity contribution is -0.121. The minimum atomic E-state index is 0.0382. The van der Waals surface area contributed by atoms with Crippen LogP contribution in [-0.4, -0.2) is 38.4 Å². The van der Waals surface area contributed by atoms with Crippen LogP contribution in [0.3, 0.4) is 0 Å². The lowest BCUT2D eigenvalue weighted by atomic mass is 10.1. The summed E-state index contributed by atoms with van der Waals surface area (Å²) < 4.78 is 0. The molecule has 0 saturated carbocycles. The van der Waals surface area contributed by atoms with Gasteiger partial charge in [-0.15, -0.1) is 0 Å². The Kier molecular flexibility index (Phi) is 5.56. The Hall–Kier alpha value is -2.96. The van der Waals surface area contributed by atoms with E-state index in [9.17, 15) is 4.79 Å². The first-order valence-corrected chi connectivity index (χ1v) is 8.47. The number of anilines is 1. The van der Waals surface area contributed by atoms with E-state index in [1.54, 1.807) is 6.33 Å². The van der Waals surface area contributed by atoms with Gasteiger partial charge in [-0.2, -0.15) is 0 Å². The molecule has 3 rings (SSSR count). The number of benzene rings is 1. The molecule has 0 radical (unpaired) electrons. The van der Waals surface area contributed by atoms with Gasteiger partial charge in [0.2, 0.25) is 5.91 Å². The Morgan fingerprint density at radius 2 is 2.04 bits per heavy atom. The summed E-state index contributed by atoms with van der Waals surface area (Å²) in [6.07, 6.45) is 5.13. The number of amides is 1. The van der Waals surface area contributed by atoms with Crippen molar-refractivity contribution in [3.63, 3.8) is 0 Å². The summed E-state index contributed by atoms with van der Waals surface area (Å²) in [5.74, 6) is 0.756. The number of H-pyrrole nitrogens is 1. The zero-order valence-corrected chi connectivity index (χ0v) is 14.2. The molecule has 0 bridgehead atoms. The Bertz CT molecular complexity index is 817. The highest BCUT2D eigenvalue weighted by Gasteiger charge is 2.12. The van der Waals surface area contributed by atoms with Gasteiger partial charge in [-0.25, -0.2) is 15.0 Å². The van der Waals surface area contributed by atoms with Crippen molar-refractivity contribution in [2.24, 2.45) is 0 Å². The number of nitrogens with zero attached hydrogens (tertiary/aromatic N) is 3. The van der Waals surface area contributed by atoms with Crippen LogP contribution in [0.5, 0.6) is 0 Å². The molecule has 2 aromatic heterocycles. The minimum Gasteiger partial charge on any atom is -0.366 e. The summed E-state index contributed by atoms with van der Waals surface area (Å²) in [6.45, 7) is 2.65. The summed E-state index contributed by atoms with van der Waals surface area (Å²) in [7, 11) is 0. The molecule has 0 aliphatic rings. The highest BCUT2D eigenvalue weighted by molar-refractivity contribution is 5.82. The highest BCUT2D eigenvalue weighted by atomic mass is 16.1. The maximum atomic E-state index is 12.2. The number of imidazole rings is 1. The summed E-state index contributed by atoms with van der Waals surface area (Å²) in [6, 6.07) is 10.1. The van der Waals surface area contributed by atoms with Crippen LogP contribution in [0.2, 0.25) is 0 Å². The summed E-state index contributed by atoms with van der Waals surface area (Å²) in [5, 5.41) is 6.35. The van der Waals surface area contributed by atoms with Crippen molar-refractivity contribution in [2.75, 3.05) is 11.9 Å². The first-order chi connectivity index (χ1) is 12.3. The molecule has 7 nitrogen and oxygen atoms in total. The van der Waals surface area contributed by atoms with Crippen molar-refractivity contribution in [1.82, 2.24) is 25.3 Å². The first-order valence-electron chi connectivity index (χ1n) is 8.47. The Balaban J connectivity index is 1.50. The zero-order valence-electron chi connectivity index (χ0n) is 14.2. The molecule has 0 aliphatic heterocycles. The number of hydrogen-bond acceptors (Lipinski definition) is 5. The van der Waals surface area contributed by atoms with Crippen LogP contribution in [0.4, 0.5) is 5.82 Å². The number of aromatic amines is 1. The van der Waals surface area contributed by atoms with Crippen LogP contribution in [0.1, 0.15) is 25.3 Å². The standard InChI is InChI=1S/C18H22N6O/c1-2-14(24-15(25)9-8-13-6-4-3-5-7-13)10-19-17-16-18(21-11-20-16)23-12-22-17/h3-7,11-12,14H,2,8-10H2,1H3,(H,24,25)(H2,19,20,21,22,23)/t14-/m0/s1. The van der Waals surface area contributed by atoms with Gasteiger partial charge >= 0.3 is 0 Å². The van der Waals surface area contributed by atoms with Crippen molar-refractivity contribution in [3.05, 3.63) is 48.5 Å². The largest absolute Gasteiger partial charge is 0.366 e. The number of rotatable bonds is 8. The van der Waals surface area contributed by atoms with Crippen molar-refractivity contribution < 1.29 is 4.79 Å². The maximum absolute atomic E-state index is 12.2. The summed E-state index contributed by atoms with van der Waals surface area (Å²) in [4.78, 5) is 27.6. The molecule has 0 saturated heterocycles. The average Bonchev–Trinajstić information content (AvgIpc) is 3.13. The third kappa shape index (κ3) is 4.53. The second-order valence-electron chi connectivity index (χ2n) is 5.86. The minimum absolute atomic E-state index is 0.0382.